The summed E-state index contributed by atoms with van der Waals surface area (Å²) >= 11 is 4.00. The van der Waals surface area contributed by atoms with Gasteiger partial charge in [-0.25, -0.2) is 9.78 Å². The molecule has 0 amide bonds. The average Bonchev–Trinajstić information content (AvgIpc) is 2.09. The van der Waals surface area contributed by atoms with Gasteiger partial charge in [-0.1, -0.05) is 12.2 Å². The van der Waals surface area contributed by atoms with Crippen molar-refractivity contribution in [3.05, 3.63) is 41.1 Å². The summed E-state index contributed by atoms with van der Waals surface area (Å²) in [5.41, 5.74) is -0.221. The SMILES string of the molecule is O=c1ncccn1CC=CCS. The highest BCUT2D eigenvalue weighted by Gasteiger charge is 1.89. The molecule has 64 valence electrons. The van der Waals surface area contributed by atoms with E-state index in [0.29, 0.717) is 12.3 Å². The molecule has 1 aromatic heterocycles. The van der Waals surface area contributed by atoms with Gasteiger partial charge < -0.3 is 0 Å². The minimum Gasteiger partial charge on any atom is -0.295 e. The lowest BCUT2D eigenvalue weighted by atomic mass is 10.5. The zero-order chi connectivity index (χ0) is 8.81. The number of hydrogen-bond donors (Lipinski definition) is 1. The lowest BCUT2D eigenvalue weighted by Crippen LogP contribution is -2.20. The van der Waals surface area contributed by atoms with E-state index < -0.39 is 0 Å². The Morgan fingerprint density at radius 1 is 1.58 bits per heavy atom. The molecule has 3 nitrogen and oxygen atoms in total. The highest BCUT2D eigenvalue weighted by Crippen LogP contribution is 1.83. The van der Waals surface area contributed by atoms with Crippen molar-refractivity contribution >= 4 is 12.6 Å². The van der Waals surface area contributed by atoms with Crippen molar-refractivity contribution in [2.24, 2.45) is 0 Å². The van der Waals surface area contributed by atoms with Crippen molar-refractivity contribution in [3.8, 4) is 0 Å². The second kappa shape index (κ2) is 4.77. The molecular weight excluding hydrogens is 172 g/mol. The summed E-state index contributed by atoms with van der Waals surface area (Å²) in [4.78, 5) is 14.6. The quantitative estimate of drug-likeness (QED) is 0.552. The molecule has 0 aliphatic rings. The van der Waals surface area contributed by atoms with Crippen LogP contribution < -0.4 is 5.69 Å². The van der Waals surface area contributed by atoms with E-state index in [2.05, 4.69) is 17.6 Å². The number of rotatable bonds is 3. The van der Waals surface area contributed by atoms with Crippen molar-refractivity contribution in [3.63, 3.8) is 0 Å². The van der Waals surface area contributed by atoms with E-state index in [0.717, 1.165) is 0 Å². The Balaban J connectivity index is 2.70. The van der Waals surface area contributed by atoms with E-state index in [-0.39, 0.29) is 5.69 Å². The maximum Gasteiger partial charge on any atom is 0.347 e. The molecule has 0 unspecified atom stereocenters. The molecule has 0 saturated carbocycles. The Morgan fingerprint density at radius 3 is 3.08 bits per heavy atom. The van der Waals surface area contributed by atoms with Crippen LogP contribution in [0.15, 0.2) is 35.4 Å². The van der Waals surface area contributed by atoms with Gasteiger partial charge in [0, 0.05) is 24.7 Å². The number of thiol groups is 1. The molecule has 0 aliphatic carbocycles. The first-order chi connectivity index (χ1) is 5.84. The molecule has 0 saturated heterocycles. The van der Waals surface area contributed by atoms with Crippen molar-refractivity contribution in [2.75, 3.05) is 5.75 Å². The van der Waals surface area contributed by atoms with E-state index in [1.54, 1.807) is 12.3 Å². The van der Waals surface area contributed by atoms with E-state index in [9.17, 15) is 4.79 Å². The summed E-state index contributed by atoms with van der Waals surface area (Å²) in [5.74, 6) is 0.689. The molecular formula is C8H10N2OS. The molecule has 0 aliphatic heterocycles. The Kier molecular flexibility index (Phi) is 3.60. The predicted molar refractivity (Wildman–Crippen MR) is 51.5 cm³/mol. The van der Waals surface area contributed by atoms with Crippen LogP contribution in [-0.4, -0.2) is 15.3 Å². The predicted octanol–water partition coefficient (Wildman–Crippen LogP) is 0.729. The van der Waals surface area contributed by atoms with Crippen LogP contribution in [0.3, 0.4) is 0 Å². The van der Waals surface area contributed by atoms with Crippen LogP contribution >= 0.6 is 12.6 Å². The molecule has 0 N–H and O–H groups in total. The van der Waals surface area contributed by atoms with Gasteiger partial charge >= 0.3 is 5.69 Å². The fraction of sp³-hybridized carbons (Fsp3) is 0.250. The van der Waals surface area contributed by atoms with Crippen LogP contribution in [-0.2, 0) is 6.54 Å². The van der Waals surface area contributed by atoms with Gasteiger partial charge in [-0.05, 0) is 6.07 Å². The Hall–Kier alpha value is -1.03. The standard InChI is InChI=1S/C8H10N2OS/c11-8-9-4-3-6-10(8)5-1-2-7-12/h1-4,6,12H,5,7H2. The van der Waals surface area contributed by atoms with Crippen LogP contribution in [0.2, 0.25) is 0 Å². The summed E-state index contributed by atoms with van der Waals surface area (Å²) in [6.07, 6.45) is 6.97. The summed E-state index contributed by atoms with van der Waals surface area (Å²) in [7, 11) is 0. The fourth-order valence-corrected chi connectivity index (χ4v) is 0.938. The summed E-state index contributed by atoms with van der Waals surface area (Å²) in [6.45, 7) is 0.563. The van der Waals surface area contributed by atoms with E-state index >= 15 is 0 Å². The molecule has 0 atom stereocenters. The smallest absolute Gasteiger partial charge is 0.295 e. The third-order valence-corrected chi connectivity index (χ3v) is 1.57. The van der Waals surface area contributed by atoms with E-state index in [4.69, 9.17) is 0 Å². The number of allylic oxidation sites excluding steroid dienone is 1. The largest absolute Gasteiger partial charge is 0.347 e. The van der Waals surface area contributed by atoms with Gasteiger partial charge in [0.1, 0.15) is 0 Å². The number of aromatic nitrogens is 2. The number of nitrogens with zero attached hydrogens (tertiary/aromatic N) is 2. The molecule has 12 heavy (non-hydrogen) atoms. The molecule has 1 rings (SSSR count). The van der Waals surface area contributed by atoms with E-state index in [1.165, 1.54) is 10.8 Å². The lowest BCUT2D eigenvalue weighted by molar-refractivity contribution is 0.742. The zero-order valence-corrected chi connectivity index (χ0v) is 7.45. The second-order valence-corrected chi connectivity index (χ2v) is 2.57. The van der Waals surface area contributed by atoms with E-state index in [1.807, 2.05) is 12.2 Å². The molecule has 0 fully saturated rings. The minimum absolute atomic E-state index is 0.221. The number of hydrogen-bond acceptors (Lipinski definition) is 3. The van der Waals surface area contributed by atoms with Crippen molar-refractivity contribution < 1.29 is 0 Å². The van der Waals surface area contributed by atoms with Crippen LogP contribution in [0.4, 0.5) is 0 Å². The lowest BCUT2D eigenvalue weighted by Gasteiger charge is -1.97. The summed E-state index contributed by atoms with van der Waals surface area (Å²) in [5, 5.41) is 0. The summed E-state index contributed by atoms with van der Waals surface area (Å²) in [6, 6.07) is 1.73. The maximum atomic E-state index is 11.0. The zero-order valence-electron chi connectivity index (χ0n) is 6.55. The fourth-order valence-electron chi connectivity index (χ4n) is 0.789. The van der Waals surface area contributed by atoms with Gasteiger partial charge in [-0.2, -0.15) is 12.6 Å². The van der Waals surface area contributed by atoms with Gasteiger partial charge in [0.2, 0.25) is 0 Å². The first-order valence-electron chi connectivity index (χ1n) is 3.62. The normalized spacial score (nSPS) is 10.8. The highest BCUT2D eigenvalue weighted by atomic mass is 32.1. The molecule has 4 heteroatoms. The summed E-state index contributed by atoms with van der Waals surface area (Å²) < 4.78 is 1.53. The monoisotopic (exact) mass is 182 g/mol. The maximum absolute atomic E-state index is 11.0. The molecule has 0 aromatic carbocycles. The van der Waals surface area contributed by atoms with Gasteiger partial charge in [0.05, 0.1) is 0 Å². The van der Waals surface area contributed by atoms with Crippen LogP contribution in [0.1, 0.15) is 0 Å². The van der Waals surface area contributed by atoms with Gasteiger partial charge in [-0.15, -0.1) is 0 Å². The highest BCUT2D eigenvalue weighted by molar-refractivity contribution is 7.80. The third-order valence-electron chi connectivity index (χ3n) is 1.36. The first-order valence-corrected chi connectivity index (χ1v) is 4.25. The van der Waals surface area contributed by atoms with Gasteiger partial charge in [-0.3, -0.25) is 4.57 Å². The first kappa shape index (κ1) is 9.06. The topological polar surface area (TPSA) is 34.9 Å². The Morgan fingerprint density at radius 2 is 2.42 bits per heavy atom. The molecule has 0 radical (unpaired) electrons. The third kappa shape index (κ3) is 2.54. The van der Waals surface area contributed by atoms with Crippen molar-refractivity contribution in [1.82, 2.24) is 9.55 Å². The second-order valence-electron chi connectivity index (χ2n) is 2.21. The molecule has 1 aromatic rings. The van der Waals surface area contributed by atoms with Crippen molar-refractivity contribution in [1.29, 1.82) is 0 Å². The Labute approximate surface area is 76.2 Å². The average molecular weight is 182 g/mol. The minimum atomic E-state index is -0.221. The molecule has 0 bridgehead atoms. The molecule has 1 heterocycles. The van der Waals surface area contributed by atoms with Crippen LogP contribution in [0, 0.1) is 0 Å². The van der Waals surface area contributed by atoms with Gasteiger partial charge in [0.15, 0.2) is 0 Å². The van der Waals surface area contributed by atoms with Gasteiger partial charge in [0.25, 0.3) is 0 Å². The Bertz CT molecular complexity index is 319. The molecule has 0 spiro atoms. The van der Waals surface area contributed by atoms with Crippen LogP contribution in [0.5, 0.6) is 0 Å². The van der Waals surface area contributed by atoms with Crippen molar-refractivity contribution in [2.45, 2.75) is 6.54 Å². The van der Waals surface area contributed by atoms with Crippen LogP contribution in [0.25, 0.3) is 0 Å².